The zero-order chi connectivity index (χ0) is 18.5. The number of guanidine groups is 1. The van der Waals surface area contributed by atoms with Gasteiger partial charge in [0.05, 0.1) is 0 Å². The number of hydrogen-bond donors (Lipinski definition) is 2. The molecule has 0 fully saturated rings. The van der Waals surface area contributed by atoms with Crippen LogP contribution >= 0.6 is 23.5 Å². The highest BCUT2D eigenvalue weighted by Crippen LogP contribution is 2.16. The lowest BCUT2D eigenvalue weighted by atomic mass is 10.2. The molecule has 1 rings (SSSR count). The van der Waals surface area contributed by atoms with E-state index >= 15 is 0 Å². The Kier molecular flexibility index (Phi) is 11.8. The summed E-state index contributed by atoms with van der Waals surface area (Å²) in [5.41, 5.74) is 0. The molecule has 25 heavy (non-hydrogen) atoms. The SMILES string of the molecule is CN=C(NCCCCSC)NCCCc1nnc(SC)n1CC(C)C. The van der Waals surface area contributed by atoms with Crippen LogP contribution in [0.3, 0.4) is 0 Å². The third-order valence-corrected chi connectivity index (χ3v) is 5.05. The second kappa shape index (κ2) is 13.3. The number of aliphatic imine (C=N–C) groups is 1. The van der Waals surface area contributed by atoms with Crippen molar-refractivity contribution in [1.29, 1.82) is 0 Å². The molecule has 0 atom stereocenters. The molecular weight excluding hydrogens is 352 g/mol. The second-order valence-corrected chi connectivity index (χ2v) is 8.10. The van der Waals surface area contributed by atoms with Crippen molar-refractivity contribution in [2.24, 2.45) is 10.9 Å². The first-order chi connectivity index (χ1) is 12.1. The van der Waals surface area contributed by atoms with Crippen molar-refractivity contribution in [1.82, 2.24) is 25.4 Å². The van der Waals surface area contributed by atoms with E-state index in [0.717, 1.165) is 49.4 Å². The third kappa shape index (κ3) is 8.85. The molecule has 0 unspecified atom stereocenters. The van der Waals surface area contributed by atoms with Gasteiger partial charge in [-0.1, -0.05) is 25.6 Å². The smallest absolute Gasteiger partial charge is 0.190 e. The van der Waals surface area contributed by atoms with Gasteiger partial charge in [0.25, 0.3) is 0 Å². The molecule has 0 radical (unpaired) electrons. The van der Waals surface area contributed by atoms with E-state index < -0.39 is 0 Å². The summed E-state index contributed by atoms with van der Waals surface area (Å²) < 4.78 is 2.26. The van der Waals surface area contributed by atoms with Crippen molar-refractivity contribution in [3.8, 4) is 0 Å². The van der Waals surface area contributed by atoms with Gasteiger partial charge in [-0.2, -0.15) is 11.8 Å². The van der Waals surface area contributed by atoms with Crippen LogP contribution in [0.2, 0.25) is 0 Å². The van der Waals surface area contributed by atoms with Gasteiger partial charge in [-0.25, -0.2) is 0 Å². The average molecular weight is 387 g/mol. The molecular formula is C17H34N6S2. The Labute approximate surface area is 161 Å². The van der Waals surface area contributed by atoms with Crippen LogP contribution < -0.4 is 10.6 Å². The molecule has 1 aromatic heterocycles. The maximum absolute atomic E-state index is 4.37. The van der Waals surface area contributed by atoms with Gasteiger partial charge in [0.2, 0.25) is 0 Å². The zero-order valence-electron chi connectivity index (χ0n) is 16.3. The largest absolute Gasteiger partial charge is 0.356 e. The Hall–Kier alpha value is -0.890. The Morgan fingerprint density at radius 3 is 2.44 bits per heavy atom. The molecule has 144 valence electrons. The topological polar surface area (TPSA) is 67.1 Å². The first-order valence-electron chi connectivity index (χ1n) is 9.01. The molecule has 0 spiro atoms. The van der Waals surface area contributed by atoms with E-state index in [2.05, 4.69) is 56.7 Å². The summed E-state index contributed by atoms with van der Waals surface area (Å²) in [6.07, 6.45) is 8.57. The maximum Gasteiger partial charge on any atom is 0.190 e. The molecule has 0 bridgehead atoms. The van der Waals surface area contributed by atoms with Crippen LogP contribution in [0.25, 0.3) is 0 Å². The van der Waals surface area contributed by atoms with Gasteiger partial charge in [-0.05, 0) is 43.4 Å². The van der Waals surface area contributed by atoms with Gasteiger partial charge >= 0.3 is 0 Å². The van der Waals surface area contributed by atoms with Crippen LogP contribution in [0.15, 0.2) is 10.1 Å². The normalized spacial score (nSPS) is 12.0. The van der Waals surface area contributed by atoms with E-state index in [1.165, 1.54) is 18.6 Å². The summed E-state index contributed by atoms with van der Waals surface area (Å²) in [7, 11) is 1.82. The summed E-state index contributed by atoms with van der Waals surface area (Å²) in [6, 6.07) is 0. The van der Waals surface area contributed by atoms with Crippen molar-refractivity contribution in [3.05, 3.63) is 5.82 Å². The maximum atomic E-state index is 4.37. The lowest BCUT2D eigenvalue weighted by Crippen LogP contribution is -2.38. The number of nitrogens with one attached hydrogen (secondary N) is 2. The fourth-order valence-electron chi connectivity index (χ4n) is 2.46. The molecule has 0 aliphatic rings. The van der Waals surface area contributed by atoms with E-state index in [4.69, 9.17) is 0 Å². The lowest BCUT2D eigenvalue weighted by Gasteiger charge is -2.13. The highest BCUT2D eigenvalue weighted by atomic mass is 32.2. The van der Waals surface area contributed by atoms with E-state index in [1.54, 1.807) is 11.8 Å². The molecule has 0 saturated heterocycles. The highest BCUT2D eigenvalue weighted by Gasteiger charge is 2.12. The Morgan fingerprint density at radius 2 is 1.84 bits per heavy atom. The minimum Gasteiger partial charge on any atom is -0.356 e. The average Bonchev–Trinajstić information content (AvgIpc) is 2.97. The highest BCUT2D eigenvalue weighted by molar-refractivity contribution is 7.98. The summed E-state index contributed by atoms with van der Waals surface area (Å²) in [6.45, 7) is 7.29. The van der Waals surface area contributed by atoms with Crippen LogP contribution in [0, 0.1) is 5.92 Å². The molecule has 0 aliphatic carbocycles. The van der Waals surface area contributed by atoms with Crippen LogP contribution in [0.5, 0.6) is 0 Å². The van der Waals surface area contributed by atoms with E-state index in [0.29, 0.717) is 5.92 Å². The predicted octanol–water partition coefficient (Wildman–Crippen LogP) is 2.90. The first kappa shape index (κ1) is 22.2. The van der Waals surface area contributed by atoms with Gasteiger partial charge in [0.1, 0.15) is 5.82 Å². The van der Waals surface area contributed by atoms with E-state index in [-0.39, 0.29) is 0 Å². The Bertz CT molecular complexity index is 501. The number of nitrogens with zero attached hydrogens (tertiary/aromatic N) is 4. The zero-order valence-corrected chi connectivity index (χ0v) is 18.0. The number of hydrogen-bond acceptors (Lipinski definition) is 5. The van der Waals surface area contributed by atoms with Gasteiger partial charge in [0.15, 0.2) is 11.1 Å². The molecule has 1 aromatic rings. The van der Waals surface area contributed by atoms with E-state index in [1.807, 2.05) is 18.8 Å². The quantitative estimate of drug-likeness (QED) is 0.249. The van der Waals surface area contributed by atoms with Crippen molar-refractivity contribution < 1.29 is 0 Å². The van der Waals surface area contributed by atoms with Crippen LogP contribution in [0.1, 0.15) is 38.9 Å². The minimum absolute atomic E-state index is 0.591. The van der Waals surface area contributed by atoms with E-state index in [9.17, 15) is 0 Å². The number of aromatic nitrogens is 3. The molecule has 0 saturated carbocycles. The summed E-state index contributed by atoms with van der Waals surface area (Å²) in [5, 5.41) is 16.4. The number of aryl methyl sites for hydroxylation is 1. The number of rotatable bonds is 12. The lowest BCUT2D eigenvalue weighted by molar-refractivity contribution is 0.477. The molecule has 1 heterocycles. The van der Waals surface area contributed by atoms with Crippen LogP contribution in [-0.2, 0) is 13.0 Å². The van der Waals surface area contributed by atoms with Crippen molar-refractivity contribution in [2.75, 3.05) is 38.4 Å². The third-order valence-electron chi connectivity index (χ3n) is 3.68. The molecule has 0 amide bonds. The molecule has 0 aromatic carbocycles. The first-order valence-corrected chi connectivity index (χ1v) is 11.6. The molecule has 6 nitrogen and oxygen atoms in total. The summed E-state index contributed by atoms with van der Waals surface area (Å²) in [5.74, 6) is 3.79. The molecule has 0 aliphatic heterocycles. The van der Waals surface area contributed by atoms with Gasteiger partial charge < -0.3 is 15.2 Å². The fourth-order valence-corrected chi connectivity index (χ4v) is 3.47. The summed E-state index contributed by atoms with van der Waals surface area (Å²) in [4.78, 5) is 4.28. The summed E-state index contributed by atoms with van der Waals surface area (Å²) >= 11 is 3.56. The monoisotopic (exact) mass is 386 g/mol. The van der Waals surface area contributed by atoms with Gasteiger partial charge in [0, 0.05) is 33.1 Å². The fraction of sp³-hybridized carbons (Fsp3) is 0.824. The number of thioether (sulfide) groups is 2. The molecule has 2 N–H and O–H groups in total. The second-order valence-electron chi connectivity index (χ2n) is 6.34. The van der Waals surface area contributed by atoms with Gasteiger partial charge in [-0.15, -0.1) is 10.2 Å². The Morgan fingerprint density at radius 1 is 1.12 bits per heavy atom. The standard InChI is InChI=1S/C17H34N6S2/c1-14(2)13-23-15(21-22-17(23)25-5)9-8-11-20-16(18-3)19-10-6-7-12-24-4/h14H,6-13H2,1-5H3,(H2,18,19,20). The van der Waals surface area contributed by atoms with Crippen molar-refractivity contribution in [2.45, 2.75) is 51.2 Å². The van der Waals surface area contributed by atoms with Crippen LogP contribution in [-0.4, -0.2) is 59.1 Å². The van der Waals surface area contributed by atoms with Crippen LogP contribution in [0.4, 0.5) is 0 Å². The Balaban J connectivity index is 2.33. The number of unbranched alkanes of at least 4 members (excludes halogenated alkanes) is 1. The minimum atomic E-state index is 0.591. The molecule has 8 heteroatoms. The van der Waals surface area contributed by atoms with Crippen molar-refractivity contribution in [3.63, 3.8) is 0 Å². The van der Waals surface area contributed by atoms with Gasteiger partial charge in [-0.3, -0.25) is 4.99 Å². The predicted molar refractivity (Wildman–Crippen MR) is 112 cm³/mol. The van der Waals surface area contributed by atoms with Crippen molar-refractivity contribution >= 4 is 29.5 Å².